The van der Waals surface area contributed by atoms with Crippen LogP contribution in [0.5, 0.6) is 0 Å². The molecule has 21 heavy (non-hydrogen) atoms. The molecule has 0 aromatic heterocycles. The van der Waals surface area contributed by atoms with Crippen molar-refractivity contribution in [1.29, 1.82) is 0 Å². The molecule has 0 saturated carbocycles. The number of hydrogen-bond acceptors (Lipinski definition) is 4. The molecule has 0 amide bonds. The van der Waals surface area contributed by atoms with Gasteiger partial charge in [-0.15, -0.1) is 0 Å². The number of aryl methyl sites for hydroxylation is 1. The Morgan fingerprint density at radius 3 is 2.67 bits per heavy atom. The van der Waals surface area contributed by atoms with Crippen LogP contribution in [0.4, 0.5) is 5.69 Å². The van der Waals surface area contributed by atoms with Crippen LogP contribution < -0.4 is 10.5 Å². The topological polar surface area (TPSA) is 81.4 Å². The van der Waals surface area contributed by atoms with Crippen molar-refractivity contribution in [2.45, 2.75) is 38.5 Å². The number of nitrogen functional groups attached to an aromatic ring is 1. The van der Waals surface area contributed by atoms with Crippen molar-refractivity contribution in [2.24, 2.45) is 5.92 Å². The quantitative estimate of drug-likeness (QED) is 0.832. The molecule has 1 aliphatic rings. The van der Waals surface area contributed by atoms with Gasteiger partial charge in [-0.25, -0.2) is 13.1 Å². The number of anilines is 1. The van der Waals surface area contributed by atoms with Gasteiger partial charge in [-0.05, 0) is 62.3 Å². The lowest BCUT2D eigenvalue weighted by molar-refractivity contribution is 0.0568. The van der Waals surface area contributed by atoms with Crippen molar-refractivity contribution in [3.05, 3.63) is 22.8 Å². The van der Waals surface area contributed by atoms with Crippen LogP contribution in [0, 0.1) is 26.7 Å². The number of nitrogens with one attached hydrogen (secondary N) is 1. The van der Waals surface area contributed by atoms with Gasteiger partial charge in [0, 0.05) is 18.8 Å². The summed E-state index contributed by atoms with van der Waals surface area (Å²) in [6.07, 6.45) is 1.98. The third kappa shape index (κ3) is 3.56. The Bertz CT molecular complexity index is 594. The summed E-state index contributed by atoms with van der Waals surface area (Å²) in [6, 6.07) is 1.82. The standard InChI is InChI=1S/C15H24N2O3S/c1-10-7-14(16)12(3)15(11(10)2)21(18,19)17-8-13-5-4-6-20-9-13/h7,13,17H,4-6,8-9,16H2,1-3H3. The molecular weight excluding hydrogens is 288 g/mol. The van der Waals surface area contributed by atoms with E-state index in [0.717, 1.165) is 30.6 Å². The number of benzene rings is 1. The second kappa shape index (κ2) is 6.34. The van der Waals surface area contributed by atoms with Gasteiger partial charge in [0.15, 0.2) is 0 Å². The SMILES string of the molecule is Cc1cc(N)c(C)c(S(=O)(=O)NCC2CCCOC2)c1C. The zero-order valence-electron chi connectivity index (χ0n) is 12.9. The molecule has 118 valence electrons. The largest absolute Gasteiger partial charge is 0.398 e. The number of rotatable bonds is 4. The van der Waals surface area contributed by atoms with Gasteiger partial charge < -0.3 is 10.5 Å². The van der Waals surface area contributed by atoms with E-state index in [1.807, 2.05) is 19.9 Å². The van der Waals surface area contributed by atoms with E-state index in [4.69, 9.17) is 10.5 Å². The summed E-state index contributed by atoms with van der Waals surface area (Å²) < 4.78 is 33.3. The van der Waals surface area contributed by atoms with E-state index < -0.39 is 10.0 Å². The molecule has 1 aromatic carbocycles. The molecule has 1 aromatic rings. The molecule has 0 bridgehead atoms. The minimum atomic E-state index is -3.55. The van der Waals surface area contributed by atoms with E-state index in [1.54, 1.807) is 6.92 Å². The third-order valence-corrected chi connectivity index (χ3v) is 5.86. The van der Waals surface area contributed by atoms with E-state index in [2.05, 4.69) is 4.72 Å². The lowest BCUT2D eigenvalue weighted by atomic mass is 10.0. The highest BCUT2D eigenvalue weighted by Crippen LogP contribution is 2.28. The van der Waals surface area contributed by atoms with E-state index in [0.29, 0.717) is 29.3 Å². The number of sulfonamides is 1. The van der Waals surface area contributed by atoms with Gasteiger partial charge in [0.25, 0.3) is 0 Å². The first kappa shape index (κ1) is 16.3. The molecule has 0 spiro atoms. The Morgan fingerprint density at radius 2 is 2.05 bits per heavy atom. The predicted octanol–water partition coefficient (Wildman–Crippen LogP) is 1.90. The number of hydrogen-bond donors (Lipinski definition) is 2. The Kier molecular flexibility index (Phi) is 4.91. The smallest absolute Gasteiger partial charge is 0.241 e. The van der Waals surface area contributed by atoms with Gasteiger partial charge in [0.2, 0.25) is 10.0 Å². The average Bonchev–Trinajstić information content (AvgIpc) is 2.44. The summed E-state index contributed by atoms with van der Waals surface area (Å²) in [6.45, 7) is 7.25. The van der Waals surface area contributed by atoms with Gasteiger partial charge >= 0.3 is 0 Å². The van der Waals surface area contributed by atoms with Crippen LogP contribution in [0.15, 0.2) is 11.0 Å². The molecule has 1 heterocycles. The minimum Gasteiger partial charge on any atom is -0.398 e. The van der Waals surface area contributed by atoms with Crippen LogP contribution in [0.2, 0.25) is 0 Å². The lowest BCUT2D eigenvalue weighted by Gasteiger charge is -2.23. The van der Waals surface area contributed by atoms with Crippen LogP contribution in [-0.4, -0.2) is 28.2 Å². The first-order valence-corrected chi connectivity index (χ1v) is 8.75. The summed E-state index contributed by atoms with van der Waals surface area (Å²) >= 11 is 0. The monoisotopic (exact) mass is 312 g/mol. The van der Waals surface area contributed by atoms with Crippen molar-refractivity contribution < 1.29 is 13.2 Å². The summed E-state index contributed by atoms with van der Waals surface area (Å²) in [5, 5.41) is 0. The Morgan fingerprint density at radius 1 is 1.33 bits per heavy atom. The second-order valence-electron chi connectivity index (χ2n) is 5.80. The van der Waals surface area contributed by atoms with E-state index in [-0.39, 0.29) is 5.92 Å². The summed E-state index contributed by atoms with van der Waals surface area (Å²) in [5.74, 6) is 0.247. The maximum Gasteiger partial charge on any atom is 0.241 e. The van der Waals surface area contributed by atoms with Gasteiger partial charge in [0.05, 0.1) is 11.5 Å². The fraction of sp³-hybridized carbons (Fsp3) is 0.600. The van der Waals surface area contributed by atoms with Crippen LogP contribution in [0.25, 0.3) is 0 Å². The van der Waals surface area contributed by atoms with Crippen LogP contribution in [0.1, 0.15) is 29.5 Å². The maximum atomic E-state index is 12.6. The van der Waals surface area contributed by atoms with Crippen LogP contribution >= 0.6 is 0 Å². The Labute approximate surface area is 126 Å². The molecule has 1 fully saturated rings. The highest BCUT2D eigenvalue weighted by Gasteiger charge is 2.24. The van der Waals surface area contributed by atoms with Crippen molar-refractivity contribution in [3.63, 3.8) is 0 Å². The maximum absolute atomic E-state index is 12.6. The highest BCUT2D eigenvalue weighted by molar-refractivity contribution is 7.89. The van der Waals surface area contributed by atoms with E-state index in [1.165, 1.54) is 0 Å². The summed E-state index contributed by atoms with van der Waals surface area (Å²) in [4.78, 5) is 0.316. The van der Waals surface area contributed by atoms with Crippen LogP contribution in [-0.2, 0) is 14.8 Å². The molecule has 3 N–H and O–H groups in total. The fourth-order valence-electron chi connectivity index (χ4n) is 2.71. The average molecular weight is 312 g/mol. The predicted molar refractivity (Wildman–Crippen MR) is 83.8 cm³/mol. The molecule has 1 saturated heterocycles. The normalized spacial score (nSPS) is 19.7. The third-order valence-electron chi connectivity index (χ3n) is 4.16. The van der Waals surface area contributed by atoms with Crippen molar-refractivity contribution in [3.8, 4) is 0 Å². The Hall–Kier alpha value is -1.11. The first-order valence-electron chi connectivity index (χ1n) is 7.26. The molecule has 0 aliphatic carbocycles. The highest BCUT2D eigenvalue weighted by atomic mass is 32.2. The van der Waals surface area contributed by atoms with Gasteiger partial charge in [0.1, 0.15) is 0 Å². The summed E-state index contributed by atoms with van der Waals surface area (Å²) in [7, 11) is -3.55. The minimum absolute atomic E-state index is 0.247. The van der Waals surface area contributed by atoms with Crippen molar-refractivity contribution in [2.75, 3.05) is 25.5 Å². The van der Waals surface area contributed by atoms with Gasteiger partial charge in [-0.3, -0.25) is 0 Å². The van der Waals surface area contributed by atoms with Crippen LogP contribution in [0.3, 0.4) is 0 Å². The molecule has 5 nitrogen and oxygen atoms in total. The molecule has 2 rings (SSSR count). The first-order chi connectivity index (χ1) is 9.83. The zero-order chi connectivity index (χ0) is 15.6. The van der Waals surface area contributed by atoms with E-state index >= 15 is 0 Å². The molecule has 1 atom stereocenters. The fourth-order valence-corrected chi connectivity index (χ4v) is 4.40. The molecule has 1 unspecified atom stereocenters. The number of ether oxygens (including phenoxy) is 1. The lowest BCUT2D eigenvalue weighted by Crippen LogP contribution is -2.34. The Balaban J connectivity index is 2.23. The van der Waals surface area contributed by atoms with Crippen molar-refractivity contribution >= 4 is 15.7 Å². The zero-order valence-corrected chi connectivity index (χ0v) is 13.7. The molecule has 0 radical (unpaired) electrons. The second-order valence-corrected chi connectivity index (χ2v) is 7.50. The molecule has 6 heteroatoms. The van der Waals surface area contributed by atoms with Gasteiger partial charge in [-0.1, -0.05) is 0 Å². The number of nitrogens with two attached hydrogens (primary N) is 1. The molecular formula is C15H24N2O3S. The van der Waals surface area contributed by atoms with E-state index in [9.17, 15) is 8.42 Å². The summed E-state index contributed by atoms with van der Waals surface area (Å²) in [5.41, 5.74) is 8.69. The van der Waals surface area contributed by atoms with Gasteiger partial charge in [-0.2, -0.15) is 0 Å². The molecule has 1 aliphatic heterocycles. The van der Waals surface area contributed by atoms with Crippen molar-refractivity contribution in [1.82, 2.24) is 4.72 Å².